The fourth-order valence-electron chi connectivity index (χ4n) is 4.48. The Kier molecular flexibility index (Phi) is 7.89. The van der Waals surface area contributed by atoms with Gasteiger partial charge < -0.3 is 19.4 Å². The molecule has 6 heteroatoms. The second kappa shape index (κ2) is 11.2. The van der Waals surface area contributed by atoms with Crippen LogP contribution in [-0.4, -0.2) is 36.3 Å². The van der Waals surface area contributed by atoms with Crippen molar-refractivity contribution in [2.24, 2.45) is 0 Å². The molecule has 182 valence electrons. The van der Waals surface area contributed by atoms with E-state index in [9.17, 15) is 10.1 Å². The van der Waals surface area contributed by atoms with Crippen molar-refractivity contribution in [2.75, 3.05) is 19.8 Å². The molecular formula is C29H33N3O3. The Balaban J connectivity index is 1.51. The fraction of sp³-hybridized carbons (Fsp3) is 0.379. The molecule has 0 bridgehead atoms. The minimum Gasteiger partial charge on any atom is -0.491 e. The van der Waals surface area contributed by atoms with Gasteiger partial charge in [0.05, 0.1) is 12.6 Å². The van der Waals surface area contributed by atoms with Gasteiger partial charge in [0, 0.05) is 35.8 Å². The van der Waals surface area contributed by atoms with Crippen molar-refractivity contribution in [2.45, 2.75) is 52.2 Å². The van der Waals surface area contributed by atoms with Crippen LogP contribution in [0.25, 0.3) is 17.0 Å². The maximum atomic E-state index is 12.6. The average Bonchev–Trinajstić information content (AvgIpc) is 3.49. The van der Waals surface area contributed by atoms with Gasteiger partial charge in [-0.25, -0.2) is 0 Å². The van der Waals surface area contributed by atoms with Crippen molar-refractivity contribution in [1.82, 2.24) is 9.88 Å². The quantitative estimate of drug-likeness (QED) is 0.337. The van der Waals surface area contributed by atoms with Gasteiger partial charge in [-0.15, -0.1) is 0 Å². The number of hydrogen-bond acceptors (Lipinski definition) is 4. The van der Waals surface area contributed by atoms with E-state index < -0.39 is 0 Å². The van der Waals surface area contributed by atoms with Gasteiger partial charge in [0.1, 0.15) is 24.0 Å². The molecule has 1 saturated heterocycles. The highest BCUT2D eigenvalue weighted by molar-refractivity contribution is 6.04. The second-order valence-electron chi connectivity index (χ2n) is 9.35. The highest BCUT2D eigenvalue weighted by atomic mass is 16.5. The molecule has 3 aromatic rings. The number of para-hydroxylation sites is 1. The summed E-state index contributed by atoms with van der Waals surface area (Å²) < 4.78 is 13.9. The number of nitrogens with one attached hydrogen (secondary N) is 1. The van der Waals surface area contributed by atoms with Crippen LogP contribution < -0.4 is 10.1 Å². The van der Waals surface area contributed by atoms with Gasteiger partial charge in [0.25, 0.3) is 5.91 Å². The Bertz CT molecular complexity index is 1260. The van der Waals surface area contributed by atoms with Crippen LogP contribution in [0.2, 0.25) is 0 Å². The van der Waals surface area contributed by atoms with Crippen LogP contribution >= 0.6 is 0 Å². The Morgan fingerprint density at radius 3 is 2.89 bits per heavy atom. The highest BCUT2D eigenvalue weighted by Gasteiger charge is 2.18. The number of nitriles is 1. The number of hydrogen-bond donors (Lipinski definition) is 1. The topological polar surface area (TPSA) is 76.3 Å². The summed E-state index contributed by atoms with van der Waals surface area (Å²) >= 11 is 0. The van der Waals surface area contributed by atoms with E-state index in [2.05, 4.69) is 54.9 Å². The third kappa shape index (κ3) is 5.93. The molecule has 6 nitrogen and oxygen atoms in total. The molecule has 1 aliphatic heterocycles. The zero-order valence-electron chi connectivity index (χ0n) is 20.7. The standard InChI is InChI=1S/C29H33N3O3/c1-20(2)25-11-10-21(3)15-28(25)35-14-12-32-19-23(26-8-4-5-9-27(26)32)16-22(17-30)29(33)31-18-24-7-6-13-34-24/h4-5,8-11,15-16,19-20,24H,6-7,12-14,18H2,1-3H3,(H,31,33)/b22-16+. The molecule has 1 N–H and O–H groups in total. The minimum atomic E-state index is -0.371. The summed E-state index contributed by atoms with van der Waals surface area (Å²) in [5, 5.41) is 13.5. The zero-order valence-corrected chi connectivity index (χ0v) is 20.7. The summed E-state index contributed by atoms with van der Waals surface area (Å²) in [6.07, 6.45) is 5.63. The number of ether oxygens (including phenoxy) is 2. The van der Waals surface area contributed by atoms with E-state index in [1.807, 2.05) is 30.5 Å². The van der Waals surface area contributed by atoms with Gasteiger partial charge in [-0.1, -0.05) is 44.2 Å². The van der Waals surface area contributed by atoms with Crippen LogP contribution in [0.15, 0.2) is 54.2 Å². The fourth-order valence-corrected chi connectivity index (χ4v) is 4.48. The SMILES string of the molecule is Cc1ccc(C(C)C)c(OCCn2cc(/C=C(\C#N)C(=O)NCC3CCCO3)c3ccccc32)c1. The van der Waals surface area contributed by atoms with Gasteiger partial charge in [-0.05, 0) is 55.0 Å². The molecule has 1 amide bonds. The van der Waals surface area contributed by atoms with E-state index in [-0.39, 0.29) is 17.6 Å². The van der Waals surface area contributed by atoms with Crippen molar-refractivity contribution in [3.63, 3.8) is 0 Å². The zero-order chi connectivity index (χ0) is 24.8. The van der Waals surface area contributed by atoms with Gasteiger partial charge in [-0.2, -0.15) is 5.26 Å². The van der Waals surface area contributed by atoms with E-state index in [1.165, 1.54) is 11.1 Å². The molecule has 0 saturated carbocycles. The number of aryl methyl sites for hydroxylation is 1. The number of nitrogens with zero attached hydrogens (tertiary/aromatic N) is 2. The smallest absolute Gasteiger partial charge is 0.262 e. The van der Waals surface area contributed by atoms with Crippen LogP contribution in [0.1, 0.15) is 49.3 Å². The molecule has 4 rings (SSSR count). The molecule has 1 atom stereocenters. The van der Waals surface area contributed by atoms with Crippen LogP contribution in [0.3, 0.4) is 0 Å². The summed E-state index contributed by atoms with van der Waals surface area (Å²) in [6, 6.07) is 16.4. The lowest BCUT2D eigenvalue weighted by Crippen LogP contribution is -2.32. The molecule has 0 spiro atoms. The predicted octanol–water partition coefficient (Wildman–Crippen LogP) is 5.35. The number of rotatable bonds is 9. The summed E-state index contributed by atoms with van der Waals surface area (Å²) in [6.45, 7) is 8.71. The number of fused-ring (bicyclic) bond motifs is 1. The van der Waals surface area contributed by atoms with Gasteiger partial charge in [0.15, 0.2) is 0 Å². The predicted molar refractivity (Wildman–Crippen MR) is 138 cm³/mol. The van der Waals surface area contributed by atoms with Crippen molar-refractivity contribution >= 4 is 22.9 Å². The maximum absolute atomic E-state index is 12.6. The van der Waals surface area contributed by atoms with E-state index in [4.69, 9.17) is 9.47 Å². The van der Waals surface area contributed by atoms with E-state index in [0.717, 1.165) is 41.7 Å². The molecule has 0 radical (unpaired) electrons. The second-order valence-corrected chi connectivity index (χ2v) is 9.35. The van der Waals surface area contributed by atoms with Crippen LogP contribution in [0.5, 0.6) is 5.75 Å². The van der Waals surface area contributed by atoms with Crippen LogP contribution in [-0.2, 0) is 16.1 Å². The average molecular weight is 472 g/mol. The summed E-state index contributed by atoms with van der Waals surface area (Å²) in [5.41, 5.74) is 4.33. The molecule has 35 heavy (non-hydrogen) atoms. The maximum Gasteiger partial charge on any atom is 0.262 e. The number of amides is 1. The molecular weight excluding hydrogens is 438 g/mol. The first-order chi connectivity index (χ1) is 17.0. The largest absolute Gasteiger partial charge is 0.491 e. The monoisotopic (exact) mass is 471 g/mol. The number of carbonyl (C=O) groups excluding carboxylic acids is 1. The lowest BCUT2D eigenvalue weighted by Gasteiger charge is -2.15. The van der Waals surface area contributed by atoms with Gasteiger partial charge in [0.2, 0.25) is 0 Å². The highest BCUT2D eigenvalue weighted by Crippen LogP contribution is 2.28. The molecule has 1 fully saturated rings. The minimum absolute atomic E-state index is 0.0328. The Labute approximate surface area is 207 Å². The molecule has 0 aliphatic carbocycles. The normalized spacial score (nSPS) is 16.0. The third-order valence-corrected chi connectivity index (χ3v) is 6.38. The molecule has 1 aromatic heterocycles. The lowest BCUT2D eigenvalue weighted by molar-refractivity contribution is -0.117. The number of carbonyl (C=O) groups is 1. The Morgan fingerprint density at radius 1 is 1.31 bits per heavy atom. The van der Waals surface area contributed by atoms with Crippen molar-refractivity contribution < 1.29 is 14.3 Å². The molecule has 1 unspecified atom stereocenters. The van der Waals surface area contributed by atoms with Gasteiger partial charge >= 0.3 is 0 Å². The molecule has 2 aromatic carbocycles. The first-order valence-electron chi connectivity index (χ1n) is 12.3. The van der Waals surface area contributed by atoms with Crippen LogP contribution in [0, 0.1) is 18.3 Å². The first-order valence-corrected chi connectivity index (χ1v) is 12.3. The molecule has 1 aliphatic rings. The first kappa shape index (κ1) is 24.6. The van der Waals surface area contributed by atoms with E-state index in [1.54, 1.807) is 6.08 Å². The Morgan fingerprint density at radius 2 is 2.14 bits per heavy atom. The molecule has 2 heterocycles. The van der Waals surface area contributed by atoms with E-state index in [0.29, 0.717) is 25.6 Å². The van der Waals surface area contributed by atoms with Crippen molar-refractivity contribution in [1.29, 1.82) is 5.26 Å². The lowest BCUT2D eigenvalue weighted by atomic mass is 10.0. The third-order valence-electron chi connectivity index (χ3n) is 6.38. The van der Waals surface area contributed by atoms with Crippen molar-refractivity contribution in [3.05, 3.63) is 70.9 Å². The van der Waals surface area contributed by atoms with Crippen molar-refractivity contribution in [3.8, 4) is 11.8 Å². The Hall–Kier alpha value is -3.56. The van der Waals surface area contributed by atoms with Crippen LogP contribution in [0.4, 0.5) is 0 Å². The number of aromatic nitrogens is 1. The van der Waals surface area contributed by atoms with E-state index >= 15 is 0 Å². The van der Waals surface area contributed by atoms with Gasteiger partial charge in [-0.3, -0.25) is 4.79 Å². The summed E-state index contributed by atoms with van der Waals surface area (Å²) in [4.78, 5) is 12.6. The summed E-state index contributed by atoms with van der Waals surface area (Å²) in [7, 11) is 0. The number of benzene rings is 2. The summed E-state index contributed by atoms with van der Waals surface area (Å²) in [5.74, 6) is 0.931.